The second-order valence-electron chi connectivity index (χ2n) is 5.07. The molecule has 1 aliphatic rings. The maximum absolute atomic E-state index is 9.05. The Morgan fingerprint density at radius 3 is 2.83 bits per heavy atom. The van der Waals surface area contributed by atoms with Crippen molar-refractivity contribution in [3.63, 3.8) is 0 Å². The van der Waals surface area contributed by atoms with Gasteiger partial charge in [0.2, 0.25) is 0 Å². The first-order chi connectivity index (χ1) is 8.71. The lowest BCUT2D eigenvalue weighted by Crippen LogP contribution is -2.18. The molecule has 0 saturated heterocycles. The molecule has 1 fully saturated rings. The second-order valence-corrected chi connectivity index (χ2v) is 5.43. The standard InChI is InChI=1S/C13H20ClN3O/c1-2-3-10-11(14)16-9-17-12(10)15-8-13(4-5-13)6-7-18/h9,18H,2-8H2,1H3,(H,15,16,17). The molecular weight excluding hydrogens is 250 g/mol. The van der Waals surface area contributed by atoms with Crippen LogP contribution in [0.15, 0.2) is 6.33 Å². The monoisotopic (exact) mass is 269 g/mol. The van der Waals surface area contributed by atoms with Gasteiger partial charge in [-0.15, -0.1) is 0 Å². The number of halogens is 1. The van der Waals surface area contributed by atoms with E-state index in [0.717, 1.165) is 37.2 Å². The Balaban J connectivity index is 2.02. The van der Waals surface area contributed by atoms with Crippen molar-refractivity contribution in [2.75, 3.05) is 18.5 Å². The number of hydrogen-bond donors (Lipinski definition) is 2. The minimum Gasteiger partial charge on any atom is -0.396 e. The second kappa shape index (κ2) is 5.85. The molecule has 4 nitrogen and oxygen atoms in total. The molecule has 2 N–H and O–H groups in total. The number of nitrogens with one attached hydrogen (secondary N) is 1. The van der Waals surface area contributed by atoms with Gasteiger partial charge in [-0.2, -0.15) is 0 Å². The number of nitrogens with zero attached hydrogens (tertiary/aromatic N) is 2. The smallest absolute Gasteiger partial charge is 0.137 e. The Morgan fingerprint density at radius 2 is 2.22 bits per heavy atom. The van der Waals surface area contributed by atoms with Crippen LogP contribution in [0.2, 0.25) is 5.15 Å². The lowest BCUT2D eigenvalue weighted by Gasteiger charge is -2.17. The number of aliphatic hydroxyl groups excluding tert-OH is 1. The van der Waals surface area contributed by atoms with Crippen LogP contribution in [0.5, 0.6) is 0 Å². The molecule has 1 heterocycles. The zero-order valence-corrected chi connectivity index (χ0v) is 11.5. The van der Waals surface area contributed by atoms with Crippen molar-refractivity contribution in [2.24, 2.45) is 5.41 Å². The molecule has 0 spiro atoms. The van der Waals surface area contributed by atoms with E-state index in [1.807, 2.05) is 0 Å². The highest BCUT2D eigenvalue weighted by atomic mass is 35.5. The van der Waals surface area contributed by atoms with Gasteiger partial charge in [0.25, 0.3) is 0 Å². The summed E-state index contributed by atoms with van der Waals surface area (Å²) < 4.78 is 0. The van der Waals surface area contributed by atoms with Crippen molar-refractivity contribution in [3.8, 4) is 0 Å². The van der Waals surface area contributed by atoms with Gasteiger partial charge in [0.15, 0.2) is 0 Å². The van der Waals surface area contributed by atoms with E-state index >= 15 is 0 Å². The molecule has 1 saturated carbocycles. The van der Waals surface area contributed by atoms with Crippen LogP contribution in [0.3, 0.4) is 0 Å². The third kappa shape index (κ3) is 3.12. The first-order valence-corrected chi connectivity index (χ1v) is 6.93. The Bertz CT molecular complexity index is 407. The molecule has 18 heavy (non-hydrogen) atoms. The Morgan fingerprint density at radius 1 is 1.44 bits per heavy atom. The number of aliphatic hydroxyl groups is 1. The summed E-state index contributed by atoms with van der Waals surface area (Å²) in [5.74, 6) is 0.848. The molecule has 1 aliphatic carbocycles. The van der Waals surface area contributed by atoms with E-state index in [2.05, 4.69) is 22.2 Å². The molecule has 0 amide bonds. The molecule has 1 aromatic heterocycles. The molecule has 2 rings (SSSR count). The fraction of sp³-hybridized carbons (Fsp3) is 0.692. The molecule has 0 radical (unpaired) electrons. The Labute approximate surface area is 113 Å². The molecule has 0 aromatic carbocycles. The molecule has 0 bridgehead atoms. The third-order valence-electron chi connectivity index (χ3n) is 3.62. The summed E-state index contributed by atoms with van der Waals surface area (Å²) in [5.41, 5.74) is 1.27. The molecule has 0 aliphatic heterocycles. The molecule has 0 unspecified atom stereocenters. The van der Waals surface area contributed by atoms with Gasteiger partial charge in [-0.3, -0.25) is 0 Å². The zero-order chi connectivity index (χ0) is 13.0. The number of anilines is 1. The van der Waals surface area contributed by atoms with Gasteiger partial charge in [-0.25, -0.2) is 9.97 Å². The van der Waals surface area contributed by atoms with Crippen LogP contribution >= 0.6 is 11.6 Å². The Hall–Kier alpha value is -0.870. The summed E-state index contributed by atoms with van der Waals surface area (Å²) >= 11 is 6.10. The van der Waals surface area contributed by atoms with Gasteiger partial charge in [0.05, 0.1) is 0 Å². The summed E-state index contributed by atoms with van der Waals surface area (Å²) in [6.45, 7) is 3.23. The van der Waals surface area contributed by atoms with Gasteiger partial charge in [-0.1, -0.05) is 24.9 Å². The highest BCUT2D eigenvalue weighted by Gasteiger charge is 2.41. The minimum atomic E-state index is 0.258. The van der Waals surface area contributed by atoms with Gasteiger partial charge < -0.3 is 10.4 Å². The van der Waals surface area contributed by atoms with E-state index in [-0.39, 0.29) is 12.0 Å². The summed E-state index contributed by atoms with van der Waals surface area (Å²) in [7, 11) is 0. The molecule has 1 aromatic rings. The van der Waals surface area contributed by atoms with Gasteiger partial charge in [0.1, 0.15) is 17.3 Å². The van der Waals surface area contributed by atoms with Crippen LogP contribution < -0.4 is 5.32 Å². The fourth-order valence-electron chi connectivity index (χ4n) is 2.22. The van der Waals surface area contributed by atoms with Crippen molar-refractivity contribution >= 4 is 17.4 Å². The highest BCUT2D eigenvalue weighted by Crippen LogP contribution is 2.48. The van der Waals surface area contributed by atoms with Crippen LogP contribution in [0.1, 0.15) is 38.2 Å². The van der Waals surface area contributed by atoms with Crippen molar-refractivity contribution in [1.29, 1.82) is 0 Å². The van der Waals surface area contributed by atoms with Crippen molar-refractivity contribution in [3.05, 3.63) is 17.0 Å². The predicted molar refractivity (Wildman–Crippen MR) is 72.9 cm³/mol. The number of rotatable bonds is 7. The van der Waals surface area contributed by atoms with Crippen molar-refractivity contribution in [1.82, 2.24) is 9.97 Å². The van der Waals surface area contributed by atoms with Crippen LogP contribution in [0.4, 0.5) is 5.82 Å². The van der Waals surface area contributed by atoms with Gasteiger partial charge in [0, 0.05) is 18.7 Å². The van der Waals surface area contributed by atoms with Gasteiger partial charge in [-0.05, 0) is 31.1 Å². The quantitative estimate of drug-likeness (QED) is 0.747. The SMILES string of the molecule is CCCc1c(Cl)ncnc1NCC1(CCO)CC1. The van der Waals surface area contributed by atoms with E-state index in [9.17, 15) is 0 Å². The molecule has 5 heteroatoms. The van der Waals surface area contributed by atoms with Crippen LogP contribution in [0.25, 0.3) is 0 Å². The number of hydrogen-bond acceptors (Lipinski definition) is 4. The topological polar surface area (TPSA) is 58.0 Å². The maximum Gasteiger partial charge on any atom is 0.137 e. The number of aromatic nitrogens is 2. The van der Waals surface area contributed by atoms with E-state index in [0.29, 0.717) is 5.15 Å². The lowest BCUT2D eigenvalue weighted by atomic mass is 10.0. The first kappa shape index (κ1) is 13.6. The van der Waals surface area contributed by atoms with Crippen LogP contribution in [-0.2, 0) is 6.42 Å². The van der Waals surface area contributed by atoms with Gasteiger partial charge >= 0.3 is 0 Å². The third-order valence-corrected chi connectivity index (χ3v) is 3.95. The summed E-state index contributed by atoms with van der Waals surface area (Å²) in [4.78, 5) is 8.31. The largest absolute Gasteiger partial charge is 0.396 e. The van der Waals surface area contributed by atoms with Crippen molar-refractivity contribution < 1.29 is 5.11 Å². The minimum absolute atomic E-state index is 0.258. The lowest BCUT2D eigenvalue weighted by molar-refractivity contribution is 0.253. The predicted octanol–water partition coefficient (Wildman–Crippen LogP) is 2.66. The molecule has 100 valence electrons. The summed E-state index contributed by atoms with van der Waals surface area (Å²) in [6, 6.07) is 0. The zero-order valence-electron chi connectivity index (χ0n) is 10.7. The van der Waals surface area contributed by atoms with Crippen LogP contribution in [0, 0.1) is 5.41 Å². The maximum atomic E-state index is 9.05. The average Bonchev–Trinajstić information content (AvgIpc) is 3.11. The normalized spacial score (nSPS) is 16.6. The fourth-order valence-corrected chi connectivity index (χ4v) is 2.44. The van der Waals surface area contributed by atoms with Crippen LogP contribution in [-0.4, -0.2) is 28.2 Å². The average molecular weight is 270 g/mol. The molecular formula is C13H20ClN3O. The first-order valence-electron chi connectivity index (χ1n) is 6.55. The summed E-state index contributed by atoms with van der Waals surface area (Å²) in [5, 5.41) is 13.0. The van der Waals surface area contributed by atoms with E-state index < -0.39 is 0 Å². The van der Waals surface area contributed by atoms with Crippen molar-refractivity contribution in [2.45, 2.75) is 39.0 Å². The molecule has 0 atom stereocenters. The van der Waals surface area contributed by atoms with E-state index in [4.69, 9.17) is 16.7 Å². The highest BCUT2D eigenvalue weighted by molar-refractivity contribution is 6.30. The summed E-state index contributed by atoms with van der Waals surface area (Å²) in [6.07, 6.45) is 6.63. The van der Waals surface area contributed by atoms with E-state index in [1.54, 1.807) is 0 Å². The Kier molecular flexibility index (Phi) is 4.40. The van der Waals surface area contributed by atoms with E-state index in [1.165, 1.54) is 19.2 Å².